The third-order valence-corrected chi connectivity index (χ3v) is 7.71. The lowest BCUT2D eigenvalue weighted by molar-refractivity contribution is 0.0162. The summed E-state index contributed by atoms with van der Waals surface area (Å²) in [5.74, 6) is -2.05. The van der Waals surface area contributed by atoms with E-state index in [2.05, 4.69) is 15.2 Å². The molecule has 0 unspecified atom stereocenters. The number of aromatic amines is 1. The molecule has 2 aliphatic rings. The summed E-state index contributed by atoms with van der Waals surface area (Å²) in [5, 5.41) is 13.1. The zero-order chi connectivity index (χ0) is 27.2. The van der Waals surface area contributed by atoms with Gasteiger partial charge in [-0.15, -0.1) is 0 Å². The molecule has 1 fully saturated rings. The second kappa shape index (κ2) is 10.5. The minimum atomic E-state index is -2.02. The van der Waals surface area contributed by atoms with Crippen molar-refractivity contribution >= 4 is 16.6 Å². The van der Waals surface area contributed by atoms with Gasteiger partial charge in [0.05, 0.1) is 25.4 Å². The molecule has 0 bridgehead atoms. The van der Waals surface area contributed by atoms with Crippen LogP contribution < -0.4 is 5.32 Å². The molecule has 0 spiro atoms. The molecule has 2 aromatic carbocycles. The Hall–Kier alpha value is -2.69. The summed E-state index contributed by atoms with van der Waals surface area (Å²) in [5.41, 5.74) is -0.475. The van der Waals surface area contributed by atoms with Gasteiger partial charge in [0.1, 0.15) is 23.1 Å². The molecule has 0 aliphatic carbocycles. The third-order valence-electron chi connectivity index (χ3n) is 7.71. The van der Waals surface area contributed by atoms with Crippen LogP contribution in [0.4, 0.5) is 27.6 Å². The highest BCUT2D eigenvalue weighted by Gasteiger charge is 2.42. The number of rotatable bonds is 9. The van der Waals surface area contributed by atoms with Crippen LogP contribution in [0.2, 0.25) is 0 Å². The van der Waals surface area contributed by atoms with E-state index < -0.39 is 41.8 Å². The highest BCUT2D eigenvalue weighted by molar-refractivity contribution is 5.86. The first kappa shape index (κ1) is 26.9. The van der Waals surface area contributed by atoms with E-state index in [0.717, 1.165) is 0 Å². The minimum absolute atomic E-state index is 0.00875. The predicted molar refractivity (Wildman–Crippen MR) is 137 cm³/mol. The number of nitrogens with zero attached hydrogens (tertiary/aromatic N) is 2. The normalized spacial score (nSPS) is 22.3. The standard InChI is InChI=1S/C28H33F5N4O/c1-16-9-19-24-20(30)5-3-6-23(24)35-26(19)27(37(16)14-28(2,33)15-38)25-21(31)10-17(11-22(25)32)34-18-12-36(13-18)8-4-7-29/h3,5-6,10-11,16,18,27,34-35,38H,4,7-9,12-15H2,1-2H3/t16-,27-,28+/m0/s1. The molecule has 1 saturated heterocycles. The molecular formula is C28H33F5N4O. The lowest BCUT2D eigenvalue weighted by Crippen LogP contribution is -2.54. The highest BCUT2D eigenvalue weighted by atomic mass is 19.2. The molecule has 0 amide bonds. The fraction of sp³-hybridized carbons (Fsp3) is 0.500. The molecule has 3 heterocycles. The molecule has 3 atom stereocenters. The first-order valence-corrected chi connectivity index (χ1v) is 13.0. The lowest BCUT2D eigenvalue weighted by atomic mass is 9.87. The van der Waals surface area contributed by atoms with Crippen LogP contribution in [0.1, 0.15) is 43.1 Å². The Morgan fingerprint density at radius 1 is 1.13 bits per heavy atom. The number of hydrogen-bond donors (Lipinski definition) is 3. The lowest BCUT2D eigenvalue weighted by Gasteiger charge is -2.43. The number of fused-ring (bicyclic) bond motifs is 3. The monoisotopic (exact) mass is 536 g/mol. The summed E-state index contributed by atoms with van der Waals surface area (Å²) in [7, 11) is 0. The first-order valence-electron chi connectivity index (χ1n) is 13.0. The third kappa shape index (κ3) is 5.01. The molecule has 1 aromatic heterocycles. The van der Waals surface area contributed by atoms with E-state index in [0.29, 0.717) is 54.6 Å². The molecule has 5 rings (SSSR count). The van der Waals surface area contributed by atoms with Crippen molar-refractivity contribution in [3.8, 4) is 0 Å². The maximum Gasteiger partial charge on any atom is 0.143 e. The van der Waals surface area contributed by atoms with Crippen LogP contribution >= 0.6 is 0 Å². The molecule has 0 saturated carbocycles. The Balaban J connectivity index is 1.52. The number of alkyl halides is 2. The minimum Gasteiger partial charge on any atom is -0.393 e. The van der Waals surface area contributed by atoms with Crippen molar-refractivity contribution in [1.29, 1.82) is 0 Å². The number of aromatic nitrogens is 1. The van der Waals surface area contributed by atoms with Gasteiger partial charge in [0, 0.05) is 60.1 Å². The van der Waals surface area contributed by atoms with Gasteiger partial charge in [0.15, 0.2) is 0 Å². The van der Waals surface area contributed by atoms with Gasteiger partial charge in [0.2, 0.25) is 0 Å². The van der Waals surface area contributed by atoms with E-state index in [1.54, 1.807) is 24.0 Å². The van der Waals surface area contributed by atoms with E-state index in [1.807, 2.05) is 0 Å². The summed E-state index contributed by atoms with van der Waals surface area (Å²) in [6.07, 6.45) is 0.798. The van der Waals surface area contributed by atoms with Crippen molar-refractivity contribution in [1.82, 2.24) is 14.8 Å². The van der Waals surface area contributed by atoms with Gasteiger partial charge in [-0.2, -0.15) is 0 Å². The molecule has 3 aromatic rings. The smallest absolute Gasteiger partial charge is 0.143 e. The quantitative estimate of drug-likeness (QED) is 0.333. The Bertz CT molecular complexity index is 1280. The number of aliphatic hydroxyl groups excluding tert-OH is 1. The number of nitrogens with one attached hydrogen (secondary N) is 2. The zero-order valence-electron chi connectivity index (χ0n) is 21.5. The van der Waals surface area contributed by atoms with Crippen molar-refractivity contribution in [2.45, 2.75) is 50.5 Å². The molecular weight excluding hydrogens is 503 g/mol. The molecule has 10 heteroatoms. The summed E-state index contributed by atoms with van der Waals surface area (Å²) < 4.78 is 73.9. The van der Waals surface area contributed by atoms with Crippen LogP contribution in [0.5, 0.6) is 0 Å². The number of halogens is 5. The van der Waals surface area contributed by atoms with Gasteiger partial charge in [-0.05, 0) is 56.5 Å². The average molecular weight is 537 g/mol. The van der Waals surface area contributed by atoms with Gasteiger partial charge >= 0.3 is 0 Å². The van der Waals surface area contributed by atoms with Gasteiger partial charge in [-0.1, -0.05) is 6.07 Å². The van der Waals surface area contributed by atoms with Crippen molar-refractivity contribution in [2.24, 2.45) is 0 Å². The van der Waals surface area contributed by atoms with E-state index in [9.17, 15) is 13.9 Å². The van der Waals surface area contributed by atoms with Crippen molar-refractivity contribution in [3.05, 3.63) is 64.6 Å². The molecule has 5 nitrogen and oxygen atoms in total. The van der Waals surface area contributed by atoms with Crippen molar-refractivity contribution in [2.75, 3.05) is 44.8 Å². The number of H-pyrrole nitrogens is 1. The highest BCUT2D eigenvalue weighted by Crippen LogP contribution is 2.44. The number of anilines is 1. The number of hydrogen-bond acceptors (Lipinski definition) is 4. The molecule has 3 N–H and O–H groups in total. The Labute approximate surface area is 218 Å². The predicted octanol–water partition coefficient (Wildman–Crippen LogP) is 5.10. The summed E-state index contributed by atoms with van der Waals surface area (Å²) >= 11 is 0. The van der Waals surface area contributed by atoms with E-state index in [-0.39, 0.29) is 30.5 Å². The van der Waals surface area contributed by atoms with Crippen LogP contribution in [0.25, 0.3) is 10.9 Å². The molecule has 38 heavy (non-hydrogen) atoms. The van der Waals surface area contributed by atoms with E-state index in [4.69, 9.17) is 0 Å². The van der Waals surface area contributed by atoms with Crippen molar-refractivity contribution in [3.63, 3.8) is 0 Å². The van der Waals surface area contributed by atoms with Crippen molar-refractivity contribution < 1.29 is 27.1 Å². The fourth-order valence-electron chi connectivity index (χ4n) is 5.85. The molecule has 0 radical (unpaired) electrons. The van der Waals surface area contributed by atoms with Gasteiger partial charge in [-0.25, -0.2) is 17.6 Å². The maximum atomic E-state index is 15.8. The number of likely N-dealkylation sites (tertiary alicyclic amines) is 1. The van der Waals surface area contributed by atoms with E-state index in [1.165, 1.54) is 25.1 Å². The Morgan fingerprint density at radius 3 is 2.50 bits per heavy atom. The van der Waals surface area contributed by atoms with Crippen LogP contribution in [0.3, 0.4) is 0 Å². The first-order chi connectivity index (χ1) is 18.1. The maximum absolute atomic E-state index is 15.8. The van der Waals surface area contributed by atoms with Crippen LogP contribution in [-0.4, -0.2) is 77.1 Å². The molecule has 2 aliphatic heterocycles. The SMILES string of the molecule is C[C@H]1Cc2c([nH]c3cccc(F)c23)[C@H](c2c(F)cc(NC3CN(CCCF)C3)cc2F)N1C[C@@](C)(F)CO. The number of benzene rings is 2. The topological polar surface area (TPSA) is 54.5 Å². The number of aliphatic hydroxyl groups is 1. The van der Waals surface area contributed by atoms with Crippen LogP contribution in [-0.2, 0) is 6.42 Å². The van der Waals surface area contributed by atoms with E-state index >= 15 is 13.2 Å². The van der Waals surface area contributed by atoms with Gasteiger partial charge in [0.25, 0.3) is 0 Å². The molecule has 206 valence electrons. The summed E-state index contributed by atoms with van der Waals surface area (Å²) in [4.78, 5) is 6.85. The average Bonchev–Trinajstić information content (AvgIpc) is 3.21. The summed E-state index contributed by atoms with van der Waals surface area (Å²) in [6, 6.07) is 5.59. The second-order valence-corrected chi connectivity index (χ2v) is 10.9. The van der Waals surface area contributed by atoms with Crippen LogP contribution in [0, 0.1) is 17.5 Å². The Morgan fingerprint density at radius 2 is 1.84 bits per heavy atom. The fourth-order valence-corrected chi connectivity index (χ4v) is 5.85. The van der Waals surface area contributed by atoms with Crippen LogP contribution in [0.15, 0.2) is 30.3 Å². The summed E-state index contributed by atoms with van der Waals surface area (Å²) in [6.45, 7) is 3.58. The van der Waals surface area contributed by atoms with Gasteiger partial charge in [-0.3, -0.25) is 14.2 Å². The largest absolute Gasteiger partial charge is 0.393 e. The Kier molecular flexibility index (Phi) is 7.41. The zero-order valence-corrected chi connectivity index (χ0v) is 21.5. The second-order valence-electron chi connectivity index (χ2n) is 10.9. The van der Waals surface area contributed by atoms with Gasteiger partial charge < -0.3 is 15.4 Å².